The number of methoxy groups -OCH3 is 2. The first-order valence-electron chi connectivity index (χ1n) is 6.89. The lowest BCUT2D eigenvalue weighted by atomic mass is 10.1. The molecule has 2 aromatic rings. The highest BCUT2D eigenvalue weighted by Gasteiger charge is 2.04. The maximum absolute atomic E-state index is 5.87. The summed E-state index contributed by atoms with van der Waals surface area (Å²) in [6.45, 7) is 1.63. The molecule has 0 radical (unpaired) electrons. The predicted octanol–water partition coefficient (Wildman–Crippen LogP) is 3.69. The first kappa shape index (κ1) is 15.7. The van der Waals surface area contributed by atoms with E-state index in [0.717, 1.165) is 41.6 Å². The molecule has 1 N–H and O–H groups in total. The molecule has 0 spiro atoms. The van der Waals surface area contributed by atoms with Gasteiger partial charge in [0, 0.05) is 17.1 Å². The van der Waals surface area contributed by atoms with Crippen molar-refractivity contribution in [2.75, 3.05) is 20.8 Å². The molecule has 0 aromatic heterocycles. The average molecular weight is 306 g/mol. The van der Waals surface area contributed by atoms with Gasteiger partial charge in [0.2, 0.25) is 0 Å². The molecule has 0 aliphatic carbocycles. The van der Waals surface area contributed by atoms with E-state index < -0.39 is 0 Å². The summed E-state index contributed by atoms with van der Waals surface area (Å²) in [6.07, 6.45) is 0.962. The van der Waals surface area contributed by atoms with Gasteiger partial charge in [-0.3, -0.25) is 0 Å². The number of hydrogen-bond donors (Lipinski definition) is 1. The van der Waals surface area contributed by atoms with Crippen molar-refractivity contribution in [3.8, 4) is 11.5 Å². The lowest BCUT2D eigenvalue weighted by molar-refractivity contribution is 0.397. The average Bonchev–Trinajstić information content (AvgIpc) is 2.53. The van der Waals surface area contributed by atoms with Gasteiger partial charge in [0.15, 0.2) is 0 Å². The van der Waals surface area contributed by atoms with Crippen molar-refractivity contribution >= 4 is 11.6 Å². The Bertz CT molecular complexity index is 570. The predicted molar refractivity (Wildman–Crippen MR) is 86.4 cm³/mol. The van der Waals surface area contributed by atoms with Crippen LogP contribution in [0.15, 0.2) is 42.5 Å². The van der Waals surface area contributed by atoms with Gasteiger partial charge in [-0.1, -0.05) is 23.7 Å². The van der Waals surface area contributed by atoms with Crippen LogP contribution in [0.25, 0.3) is 0 Å². The zero-order valence-corrected chi connectivity index (χ0v) is 13.1. The van der Waals surface area contributed by atoms with E-state index in [1.165, 1.54) is 5.56 Å². The summed E-state index contributed by atoms with van der Waals surface area (Å²) in [5.74, 6) is 1.71. The number of nitrogens with one attached hydrogen (secondary N) is 1. The molecule has 0 bridgehead atoms. The monoisotopic (exact) mass is 305 g/mol. The minimum Gasteiger partial charge on any atom is -0.497 e. The van der Waals surface area contributed by atoms with E-state index in [-0.39, 0.29) is 0 Å². The molecule has 0 aliphatic heterocycles. The lowest BCUT2D eigenvalue weighted by Crippen LogP contribution is -2.17. The molecule has 0 unspecified atom stereocenters. The molecular formula is C17H20ClNO2. The molecule has 0 saturated heterocycles. The Hall–Kier alpha value is -1.71. The van der Waals surface area contributed by atoms with Crippen LogP contribution in [0, 0.1) is 0 Å². The van der Waals surface area contributed by atoms with E-state index in [9.17, 15) is 0 Å². The topological polar surface area (TPSA) is 30.5 Å². The Morgan fingerprint density at radius 3 is 2.43 bits per heavy atom. The van der Waals surface area contributed by atoms with Gasteiger partial charge in [-0.2, -0.15) is 0 Å². The minimum atomic E-state index is 0.744. The Balaban J connectivity index is 1.86. The van der Waals surface area contributed by atoms with Crippen LogP contribution in [0.1, 0.15) is 11.1 Å². The summed E-state index contributed by atoms with van der Waals surface area (Å²) >= 11 is 5.87. The van der Waals surface area contributed by atoms with Crippen molar-refractivity contribution in [2.45, 2.75) is 13.0 Å². The van der Waals surface area contributed by atoms with E-state index in [1.54, 1.807) is 14.2 Å². The third-order valence-corrected chi connectivity index (χ3v) is 3.56. The SMILES string of the molecule is COc1ccc(OC)c(CNCCc2ccc(Cl)cc2)c1. The van der Waals surface area contributed by atoms with E-state index >= 15 is 0 Å². The molecule has 21 heavy (non-hydrogen) atoms. The molecule has 0 aliphatic rings. The lowest BCUT2D eigenvalue weighted by Gasteiger charge is -2.11. The molecule has 0 fully saturated rings. The summed E-state index contributed by atoms with van der Waals surface area (Å²) in [4.78, 5) is 0. The smallest absolute Gasteiger partial charge is 0.123 e. The maximum atomic E-state index is 5.87. The second-order valence-electron chi connectivity index (χ2n) is 4.73. The molecule has 4 heteroatoms. The second kappa shape index (κ2) is 7.91. The van der Waals surface area contributed by atoms with Gasteiger partial charge in [0.05, 0.1) is 14.2 Å². The zero-order chi connectivity index (χ0) is 15.1. The molecule has 0 saturated carbocycles. The van der Waals surface area contributed by atoms with E-state index in [4.69, 9.17) is 21.1 Å². The number of ether oxygens (including phenoxy) is 2. The van der Waals surface area contributed by atoms with Crippen molar-refractivity contribution in [2.24, 2.45) is 0 Å². The summed E-state index contributed by atoms with van der Waals surface area (Å²) in [5.41, 5.74) is 2.36. The van der Waals surface area contributed by atoms with Crippen LogP contribution in [0.2, 0.25) is 5.02 Å². The summed E-state index contributed by atoms with van der Waals surface area (Å²) in [6, 6.07) is 13.8. The summed E-state index contributed by atoms with van der Waals surface area (Å²) < 4.78 is 10.6. The van der Waals surface area contributed by atoms with Crippen LogP contribution in [0.5, 0.6) is 11.5 Å². The highest BCUT2D eigenvalue weighted by atomic mass is 35.5. The molecule has 0 atom stereocenters. The van der Waals surface area contributed by atoms with E-state index in [0.29, 0.717) is 0 Å². The number of hydrogen-bond acceptors (Lipinski definition) is 3. The van der Waals surface area contributed by atoms with Gasteiger partial charge < -0.3 is 14.8 Å². The van der Waals surface area contributed by atoms with Gasteiger partial charge in [0.25, 0.3) is 0 Å². The first-order chi connectivity index (χ1) is 10.2. The highest BCUT2D eigenvalue weighted by Crippen LogP contribution is 2.23. The third kappa shape index (κ3) is 4.66. The zero-order valence-electron chi connectivity index (χ0n) is 12.4. The van der Waals surface area contributed by atoms with E-state index in [2.05, 4.69) is 17.4 Å². The quantitative estimate of drug-likeness (QED) is 0.791. The summed E-state index contributed by atoms with van der Waals surface area (Å²) in [5, 5.41) is 4.19. The third-order valence-electron chi connectivity index (χ3n) is 3.31. The Kier molecular flexibility index (Phi) is 5.90. The molecule has 2 rings (SSSR count). The fourth-order valence-electron chi connectivity index (χ4n) is 2.13. The molecule has 112 valence electrons. The van der Waals surface area contributed by atoms with Gasteiger partial charge in [0.1, 0.15) is 11.5 Å². The van der Waals surface area contributed by atoms with Crippen molar-refractivity contribution in [3.05, 3.63) is 58.6 Å². The molecule has 0 heterocycles. The maximum Gasteiger partial charge on any atom is 0.123 e. The van der Waals surface area contributed by atoms with Crippen molar-refractivity contribution in [1.82, 2.24) is 5.32 Å². The van der Waals surface area contributed by atoms with E-state index in [1.807, 2.05) is 30.3 Å². The fourth-order valence-corrected chi connectivity index (χ4v) is 2.25. The van der Waals surface area contributed by atoms with Crippen molar-refractivity contribution < 1.29 is 9.47 Å². The van der Waals surface area contributed by atoms with Gasteiger partial charge >= 0.3 is 0 Å². The van der Waals surface area contributed by atoms with Crippen LogP contribution < -0.4 is 14.8 Å². The van der Waals surface area contributed by atoms with Crippen LogP contribution in [0.3, 0.4) is 0 Å². The van der Waals surface area contributed by atoms with Crippen LogP contribution >= 0.6 is 11.6 Å². The van der Waals surface area contributed by atoms with Crippen LogP contribution in [0.4, 0.5) is 0 Å². The molecular weight excluding hydrogens is 286 g/mol. The van der Waals surface area contributed by atoms with Crippen molar-refractivity contribution in [1.29, 1.82) is 0 Å². The summed E-state index contributed by atoms with van der Waals surface area (Å²) in [7, 11) is 3.35. The molecule has 2 aromatic carbocycles. The number of rotatable bonds is 7. The standard InChI is InChI=1S/C17H20ClNO2/c1-20-16-7-8-17(21-2)14(11-16)12-19-10-9-13-3-5-15(18)6-4-13/h3-8,11,19H,9-10,12H2,1-2H3. The van der Waals surface area contributed by atoms with Crippen LogP contribution in [-0.2, 0) is 13.0 Å². The Labute approximate surface area is 130 Å². The first-order valence-corrected chi connectivity index (χ1v) is 7.27. The van der Waals surface area contributed by atoms with Gasteiger partial charge in [-0.05, 0) is 48.9 Å². The highest BCUT2D eigenvalue weighted by molar-refractivity contribution is 6.30. The van der Waals surface area contributed by atoms with Gasteiger partial charge in [-0.15, -0.1) is 0 Å². The largest absolute Gasteiger partial charge is 0.497 e. The molecule has 0 amide bonds. The number of benzene rings is 2. The Morgan fingerprint density at radius 1 is 1.00 bits per heavy atom. The normalized spacial score (nSPS) is 10.4. The minimum absolute atomic E-state index is 0.744. The van der Waals surface area contributed by atoms with Gasteiger partial charge in [-0.25, -0.2) is 0 Å². The molecule has 3 nitrogen and oxygen atoms in total. The van der Waals surface area contributed by atoms with Crippen LogP contribution in [-0.4, -0.2) is 20.8 Å². The second-order valence-corrected chi connectivity index (χ2v) is 5.17. The fraction of sp³-hybridized carbons (Fsp3) is 0.294. The van der Waals surface area contributed by atoms with Crippen molar-refractivity contribution in [3.63, 3.8) is 0 Å². The Morgan fingerprint density at radius 2 is 1.76 bits per heavy atom. The number of halogens is 1.